The lowest BCUT2D eigenvalue weighted by Crippen LogP contribution is -1.98. The van der Waals surface area contributed by atoms with Crippen molar-refractivity contribution in [1.82, 2.24) is 4.98 Å². The van der Waals surface area contributed by atoms with Crippen molar-refractivity contribution >= 4 is 0 Å². The zero-order chi connectivity index (χ0) is 11.4. The molecule has 4 heteroatoms. The molecule has 0 aliphatic heterocycles. The molecular weight excluding hydrogens is 207 g/mol. The Hall–Kier alpha value is -1.94. The number of halogens is 1. The number of pyridine rings is 1. The van der Waals surface area contributed by atoms with Gasteiger partial charge in [-0.25, -0.2) is 4.39 Å². The van der Waals surface area contributed by atoms with Gasteiger partial charge in [-0.2, -0.15) is 0 Å². The van der Waals surface area contributed by atoms with Crippen LogP contribution in [-0.2, 0) is 6.54 Å². The second-order valence-corrected chi connectivity index (χ2v) is 3.22. The van der Waals surface area contributed by atoms with E-state index in [0.29, 0.717) is 12.3 Å². The van der Waals surface area contributed by atoms with Gasteiger partial charge in [0.05, 0.1) is 11.9 Å². The monoisotopic (exact) mass is 218 g/mol. The maximum Gasteiger partial charge on any atom is 0.165 e. The summed E-state index contributed by atoms with van der Waals surface area (Å²) in [6, 6.07) is 9.68. The number of nitrogens with two attached hydrogens (primary N) is 1. The fourth-order valence-corrected chi connectivity index (χ4v) is 1.25. The Kier molecular flexibility index (Phi) is 3.12. The van der Waals surface area contributed by atoms with Gasteiger partial charge < -0.3 is 10.5 Å². The van der Waals surface area contributed by atoms with Gasteiger partial charge in [0.15, 0.2) is 11.6 Å². The highest BCUT2D eigenvalue weighted by atomic mass is 19.1. The Labute approximate surface area is 92.7 Å². The second-order valence-electron chi connectivity index (χ2n) is 3.22. The quantitative estimate of drug-likeness (QED) is 0.860. The van der Waals surface area contributed by atoms with Crippen molar-refractivity contribution in [3.8, 4) is 11.5 Å². The summed E-state index contributed by atoms with van der Waals surface area (Å²) in [5, 5.41) is 0. The highest BCUT2D eigenvalue weighted by Crippen LogP contribution is 2.23. The van der Waals surface area contributed by atoms with Crippen LogP contribution in [0.3, 0.4) is 0 Å². The van der Waals surface area contributed by atoms with E-state index in [2.05, 4.69) is 4.98 Å². The number of hydrogen-bond donors (Lipinski definition) is 1. The van der Waals surface area contributed by atoms with Crippen molar-refractivity contribution in [2.75, 3.05) is 0 Å². The average Bonchev–Trinajstić information content (AvgIpc) is 2.33. The molecule has 0 aliphatic rings. The predicted molar refractivity (Wildman–Crippen MR) is 58.6 cm³/mol. The minimum absolute atomic E-state index is 0.185. The molecule has 0 radical (unpaired) electrons. The minimum atomic E-state index is -0.398. The Balaban J connectivity index is 2.18. The molecule has 1 aromatic heterocycles. The molecule has 0 fully saturated rings. The van der Waals surface area contributed by atoms with Crippen molar-refractivity contribution in [3.05, 3.63) is 54.1 Å². The molecule has 2 rings (SSSR count). The van der Waals surface area contributed by atoms with Crippen molar-refractivity contribution in [3.63, 3.8) is 0 Å². The van der Waals surface area contributed by atoms with E-state index < -0.39 is 5.82 Å². The predicted octanol–water partition coefficient (Wildman–Crippen LogP) is 2.47. The van der Waals surface area contributed by atoms with E-state index in [1.54, 1.807) is 30.3 Å². The van der Waals surface area contributed by atoms with Crippen molar-refractivity contribution in [1.29, 1.82) is 0 Å². The summed E-state index contributed by atoms with van der Waals surface area (Å²) in [6.07, 6.45) is 1.52. The third kappa shape index (κ3) is 2.35. The summed E-state index contributed by atoms with van der Waals surface area (Å²) in [6.45, 7) is 0.375. The van der Waals surface area contributed by atoms with Crippen LogP contribution in [0, 0.1) is 5.82 Å². The number of benzene rings is 1. The summed E-state index contributed by atoms with van der Waals surface area (Å²) in [5.41, 5.74) is 6.18. The topological polar surface area (TPSA) is 48.1 Å². The van der Waals surface area contributed by atoms with E-state index in [1.807, 2.05) is 0 Å². The van der Waals surface area contributed by atoms with Crippen molar-refractivity contribution in [2.24, 2.45) is 5.73 Å². The summed E-state index contributed by atoms with van der Waals surface area (Å²) in [4.78, 5) is 4.05. The van der Waals surface area contributed by atoms with Crippen LogP contribution >= 0.6 is 0 Å². The van der Waals surface area contributed by atoms with Crippen molar-refractivity contribution in [2.45, 2.75) is 6.54 Å². The SMILES string of the molecule is NCc1ccc(Oc2ccccc2F)cn1. The molecule has 0 bridgehead atoms. The average molecular weight is 218 g/mol. The van der Waals surface area contributed by atoms with Gasteiger partial charge >= 0.3 is 0 Å². The van der Waals surface area contributed by atoms with Crippen molar-refractivity contribution < 1.29 is 9.13 Å². The number of nitrogens with zero attached hydrogens (tertiary/aromatic N) is 1. The first-order chi connectivity index (χ1) is 7.79. The van der Waals surface area contributed by atoms with Gasteiger partial charge in [-0.3, -0.25) is 4.98 Å². The van der Waals surface area contributed by atoms with Gasteiger partial charge in [-0.15, -0.1) is 0 Å². The molecule has 3 nitrogen and oxygen atoms in total. The molecule has 0 spiro atoms. The zero-order valence-electron chi connectivity index (χ0n) is 8.56. The zero-order valence-corrected chi connectivity index (χ0v) is 8.56. The van der Waals surface area contributed by atoms with Crippen LogP contribution in [0.15, 0.2) is 42.6 Å². The van der Waals surface area contributed by atoms with Gasteiger partial charge in [-0.1, -0.05) is 12.1 Å². The first-order valence-corrected chi connectivity index (χ1v) is 4.87. The first-order valence-electron chi connectivity index (χ1n) is 4.87. The Morgan fingerprint density at radius 3 is 2.62 bits per heavy atom. The second kappa shape index (κ2) is 4.72. The van der Waals surface area contributed by atoms with Gasteiger partial charge in [-0.05, 0) is 24.3 Å². The van der Waals surface area contributed by atoms with E-state index in [1.165, 1.54) is 12.3 Å². The Morgan fingerprint density at radius 1 is 1.19 bits per heavy atom. The van der Waals surface area contributed by atoms with Crippen LogP contribution in [0.2, 0.25) is 0 Å². The molecule has 82 valence electrons. The molecular formula is C12H11FN2O. The summed E-state index contributed by atoms with van der Waals surface area (Å²) < 4.78 is 18.6. The van der Waals surface area contributed by atoms with E-state index in [-0.39, 0.29) is 5.75 Å². The van der Waals surface area contributed by atoms with Gasteiger partial charge in [0, 0.05) is 6.54 Å². The largest absolute Gasteiger partial charge is 0.453 e. The molecule has 2 aromatic rings. The standard InChI is InChI=1S/C12H11FN2O/c13-11-3-1-2-4-12(11)16-10-6-5-9(7-14)15-8-10/h1-6,8H,7,14H2. The number of ether oxygens (including phenoxy) is 1. The van der Waals surface area contributed by atoms with Crippen LogP contribution < -0.4 is 10.5 Å². The molecule has 2 N–H and O–H groups in total. The lowest BCUT2D eigenvalue weighted by Gasteiger charge is -2.06. The molecule has 0 saturated carbocycles. The molecule has 0 amide bonds. The summed E-state index contributed by atoms with van der Waals surface area (Å²) in [7, 11) is 0. The minimum Gasteiger partial charge on any atom is -0.453 e. The van der Waals surface area contributed by atoms with E-state index >= 15 is 0 Å². The molecule has 0 saturated heterocycles. The number of para-hydroxylation sites is 1. The van der Waals surface area contributed by atoms with Crippen LogP contribution in [0.25, 0.3) is 0 Å². The maximum atomic E-state index is 13.3. The lowest BCUT2D eigenvalue weighted by atomic mass is 10.3. The highest BCUT2D eigenvalue weighted by molar-refractivity contribution is 5.30. The first kappa shape index (κ1) is 10.6. The van der Waals surface area contributed by atoms with E-state index in [0.717, 1.165) is 5.69 Å². The number of aromatic nitrogens is 1. The van der Waals surface area contributed by atoms with E-state index in [9.17, 15) is 4.39 Å². The van der Waals surface area contributed by atoms with Gasteiger partial charge in [0.2, 0.25) is 0 Å². The summed E-state index contributed by atoms with van der Waals surface area (Å²) in [5.74, 6) is 0.275. The van der Waals surface area contributed by atoms with Crippen LogP contribution in [0.1, 0.15) is 5.69 Å². The maximum absolute atomic E-state index is 13.3. The molecule has 16 heavy (non-hydrogen) atoms. The molecule has 0 aliphatic carbocycles. The van der Waals surface area contributed by atoms with Crippen LogP contribution in [0.4, 0.5) is 4.39 Å². The fraction of sp³-hybridized carbons (Fsp3) is 0.0833. The lowest BCUT2D eigenvalue weighted by molar-refractivity contribution is 0.440. The van der Waals surface area contributed by atoms with E-state index in [4.69, 9.17) is 10.5 Å². The molecule has 1 heterocycles. The van der Waals surface area contributed by atoms with Gasteiger partial charge in [0.25, 0.3) is 0 Å². The fourth-order valence-electron chi connectivity index (χ4n) is 1.25. The molecule has 0 unspecified atom stereocenters. The Bertz CT molecular complexity index is 471. The highest BCUT2D eigenvalue weighted by Gasteiger charge is 2.03. The molecule has 0 atom stereocenters. The number of rotatable bonds is 3. The third-order valence-electron chi connectivity index (χ3n) is 2.07. The normalized spacial score (nSPS) is 10.1. The summed E-state index contributed by atoms with van der Waals surface area (Å²) >= 11 is 0. The smallest absolute Gasteiger partial charge is 0.165 e. The van der Waals surface area contributed by atoms with Crippen LogP contribution in [-0.4, -0.2) is 4.98 Å². The third-order valence-corrected chi connectivity index (χ3v) is 2.07. The van der Waals surface area contributed by atoms with Gasteiger partial charge in [0.1, 0.15) is 5.75 Å². The number of hydrogen-bond acceptors (Lipinski definition) is 3. The van der Waals surface area contributed by atoms with Crippen LogP contribution in [0.5, 0.6) is 11.5 Å². The Morgan fingerprint density at radius 2 is 2.00 bits per heavy atom. The molecule has 1 aromatic carbocycles.